The minimum absolute atomic E-state index is 0.104. The molecule has 4 nitrogen and oxygen atoms in total. The quantitative estimate of drug-likeness (QED) is 0.787. The van der Waals surface area contributed by atoms with Crippen molar-refractivity contribution in [3.63, 3.8) is 0 Å². The Bertz CT molecular complexity index is 838. The number of hydrogen-bond acceptors (Lipinski definition) is 3. The number of benzene rings is 2. The first-order valence-corrected chi connectivity index (χ1v) is 9.29. The summed E-state index contributed by atoms with van der Waals surface area (Å²) in [6, 6.07) is 11.7. The lowest BCUT2D eigenvalue weighted by Crippen LogP contribution is -2.31. The molecule has 0 bridgehead atoms. The van der Waals surface area contributed by atoms with Crippen LogP contribution in [0.4, 0.5) is 0 Å². The van der Waals surface area contributed by atoms with Crippen LogP contribution >= 0.6 is 23.2 Å². The van der Waals surface area contributed by atoms with Gasteiger partial charge in [-0.1, -0.05) is 41.4 Å². The molecule has 6 heteroatoms. The number of hydrogen-bond donors (Lipinski definition) is 1. The van der Waals surface area contributed by atoms with Crippen LogP contribution in [0.3, 0.4) is 0 Å². The van der Waals surface area contributed by atoms with Gasteiger partial charge in [-0.3, -0.25) is 9.59 Å². The fraction of sp³-hybridized carbons (Fsp3) is 0.300. The first kappa shape index (κ1) is 18.9. The van der Waals surface area contributed by atoms with Crippen molar-refractivity contribution in [1.82, 2.24) is 10.2 Å². The van der Waals surface area contributed by atoms with Crippen LogP contribution in [0.5, 0.6) is 0 Å². The highest BCUT2D eigenvalue weighted by molar-refractivity contribution is 6.42. The molecule has 0 aliphatic carbocycles. The Kier molecular flexibility index (Phi) is 5.97. The molecule has 1 N–H and O–H groups in total. The summed E-state index contributed by atoms with van der Waals surface area (Å²) in [5.41, 5.74) is 1.22. The lowest BCUT2D eigenvalue weighted by molar-refractivity contribution is 0.0782. The van der Waals surface area contributed by atoms with Crippen molar-refractivity contribution >= 4 is 34.9 Å². The van der Waals surface area contributed by atoms with Gasteiger partial charge in [-0.05, 0) is 50.2 Å². The number of nitrogens with one attached hydrogen (secondary N) is 1. The molecular formula is C20H20Cl2N2O2. The Morgan fingerprint density at radius 3 is 2.54 bits per heavy atom. The molecule has 1 fully saturated rings. The average Bonchev–Trinajstić information content (AvgIpc) is 3.12. The molecule has 1 unspecified atom stereocenters. The van der Waals surface area contributed by atoms with Gasteiger partial charge in [0, 0.05) is 24.2 Å². The molecule has 0 spiro atoms. The van der Waals surface area contributed by atoms with Crippen molar-refractivity contribution in [1.29, 1.82) is 0 Å². The number of rotatable bonds is 5. The molecule has 1 heterocycles. The molecule has 2 aromatic carbocycles. The average molecular weight is 391 g/mol. The summed E-state index contributed by atoms with van der Waals surface area (Å²) in [6.07, 6.45) is 0.968. The van der Waals surface area contributed by atoms with Crippen LogP contribution in [0.15, 0.2) is 42.5 Å². The van der Waals surface area contributed by atoms with Gasteiger partial charge in [-0.15, -0.1) is 0 Å². The van der Waals surface area contributed by atoms with Crippen molar-refractivity contribution < 1.29 is 9.59 Å². The van der Waals surface area contributed by atoms with E-state index in [-0.39, 0.29) is 11.7 Å². The predicted molar refractivity (Wildman–Crippen MR) is 104 cm³/mol. The lowest BCUT2D eigenvalue weighted by atomic mass is 9.97. The SMILES string of the molecule is CNCC1CCN(C(=O)c2ccccc2C(=O)c2ccc(Cl)c(Cl)c2)C1. The van der Waals surface area contributed by atoms with Crippen LogP contribution in [0.1, 0.15) is 32.7 Å². The Labute approximate surface area is 163 Å². The number of halogens is 2. The van der Waals surface area contributed by atoms with Crippen LogP contribution in [0.2, 0.25) is 10.0 Å². The van der Waals surface area contributed by atoms with Crippen molar-refractivity contribution in [3.8, 4) is 0 Å². The molecular weight excluding hydrogens is 371 g/mol. The van der Waals surface area contributed by atoms with Crippen molar-refractivity contribution in [3.05, 3.63) is 69.2 Å². The van der Waals surface area contributed by atoms with Gasteiger partial charge in [-0.25, -0.2) is 0 Å². The highest BCUT2D eigenvalue weighted by atomic mass is 35.5. The van der Waals surface area contributed by atoms with Gasteiger partial charge in [-0.2, -0.15) is 0 Å². The molecule has 1 amide bonds. The molecule has 136 valence electrons. The van der Waals surface area contributed by atoms with Crippen molar-refractivity contribution in [2.24, 2.45) is 5.92 Å². The number of carbonyl (C=O) groups excluding carboxylic acids is 2. The third kappa shape index (κ3) is 3.93. The van der Waals surface area contributed by atoms with Gasteiger partial charge in [0.25, 0.3) is 5.91 Å². The second kappa shape index (κ2) is 8.21. The number of ketones is 1. The van der Waals surface area contributed by atoms with Crippen molar-refractivity contribution in [2.75, 3.05) is 26.7 Å². The van der Waals surface area contributed by atoms with E-state index in [0.29, 0.717) is 45.7 Å². The lowest BCUT2D eigenvalue weighted by Gasteiger charge is -2.18. The maximum absolute atomic E-state index is 13.0. The van der Waals surface area contributed by atoms with E-state index in [9.17, 15) is 9.59 Å². The molecule has 1 aliphatic rings. The van der Waals surface area contributed by atoms with E-state index in [0.717, 1.165) is 13.0 Å². The first-order chi connectivity index (χ1) is 12.5. The number of carbonyl (C=O) groups is 2. The second-order valence-electron chi connectivity index (χ2n) is 6.47. The number of likely N-dealkylation sites (tertiary alicyclic amines) is 1. The number of amides is 1. The largest absolute Gasteiger partial charge is 0.338 e. The van der Waals surface area contributed by atoms with Crippen LogP contribution in [0.25, 0.3) is 0 Å². The maximum Gasteiger partial charge on any atom is 0.254 e. The molecule has 0 saturated carbocycles. The summed E-state index contributed by atoms with van der Waals surface area (Å²) in [7, 11) is 1.91. The Balaban J connectivity index is 1.87. The van der Waals surface area contributed by atoms with E-state index in [4.69, 9.17) is 23.2 Å². The topological polar surface area (TPSA) is 49.4 Å². The monoisotopic (exact) mass is 390 g/mol. The minimum atomic E-state index is -0.238. The zero-order valence-corrected chi connectivity index (χ0v) is 16.0. The third-order valence-electron chi connectivity index (χ3n) is 4.65. The highest BCUT2D eigenvalue weighted by Crippen LogP contribution is 2.26. The maximum atomic E-state index is 13.0. The number of nitrogens with zero attached hydrogens (tertiary/aromatic N) is 1. The van der Waals surface area contributed by atoms with Gasteiger partial charge >= 0.3 is 0 Å². The summed E-state index contributed by atoms with van der Waals surface area (Å²) >= 11 is 12.0. The molecule has 0 radical (unpaired) electrons. The predicted octanol–water partition coefficient (Wildman–Crippen LogP) is 3.91. The zero-order chi connectivity index (χ0) is 18.7. The third-order valence-corrected chi connectivity index (χ3v) is 5.39. The fourth-order valence-corrected chi connectivity index (χ4v) is 3.60. The molecule has 1 atom stereocenters. The van der Waals surface area contributed by atoms with E-state index in [1.165, 1.54) is 6.07 Å². The van der Waals surface area contributed by atoms with E-state index in [1.807, 2.05) is 11.9 Å². The standard InChI is InChI=1S/C20H20Cl2N2O2/c1-23-11-13-8-9-24(12-13)20(26)16-5-3-2-4-15(16)19(25)14-6-7-17(21)18(22)10-14/h2-7,10,13,23H,8-9,11-12H2,1H3. The van der Waals surface area contributed by atoms with E-state index in [1.54, 1.807) is 36.4 Å². The normalized spacial score (nSPS) is 16.7. The van der Waals surface area contributed by atoms with E-state index in [2.05, 4.69) is 5.32 Å². The summed E-state index contributed by atoms with van der Waals surface area (Å²) in [5.74, 6) is 0.105. The smallest absolute Gasteiger partial charge is 0.254 e. The van der Waals surface area contributed by atoms with Crippen LogP contribution < -0.4 is 5.32 Å². The highest BCUT2D eigenvalue weighted by Gasteiger charge is 2.28. The molecule has 3 rings (SSSR count). The second-order valence-corrected chi connectivity index (χ2v) is 7.28. The van der Waals surface area contributed by atoms with E-state index >= 15 is 0 Å². The fourth-order valence-electron chi connectivity index (χ4n) is 3.30. The summed E-state index contributed by atoms with van der Waals surface area (Å²) < 4.78 is 0. The van der Waals surface area contributed by atoms with Crippen LogP contribution in [0, 0.1) is 5.92 Å². The van der Waals surface area contributed by atoms with E-state index < -0.39 is 0 Å². The van der Waals surface area contributed by atoms with Gasteiger partial charge in [0.2, 0.25) is 0 Å². The molecule has 1 aliphatic heterocycles. The van der Waals surface area contributed by atoms with Crippen LogP contribution in [-0.4, -0.2) is 43.3 Å². The van der Waals surface area contributed by atoms with Crippen LogP contribution in [-0.2, 0) is 0 Å². The Morgan fingerprint density at radius 2 is 1.85 bits per heavy atom. The molecule has 2 aromatic rings. The van der Waals surface area contributed by atoms with Gasteiger partial charge in [0.15, 0.2) is 5.78 Å². The van der Waals surface area contributed by atoms with Gasteiger partial charge < -0.3 is 10.2 Å². The van der Waals surface area contributed by atoms with Gasteiger partial charge in [0.05, 0.1) is 15.6 Å². The Hall–Kier alpha value is -1.88. The van der Waals surface area contributed by atoms with Gasteiger partial charge in [0.1, 0.15) is 0 Å². The molecule has 26 heavy (non-hydrogen) atoms. The molecule has 1 saturated heterocycles. The van der Waals surface area contributed by atoms with Crippen molar-refractivity contribution in [2.45, 2.75) is 6.42 Å². The Morgan fingerprint density at radius 1 is 1.12 bits per heavy atom. The summed E-state index contributed by atoms with van der Waals surface area (Å²) in [6.45, 7) is 2.29. The summed E-state index contributed by atoms with van der Waals surface area (Å²) in [4.78, 5) is 27.7. The first-order valence-electron chi connectivity index (χ1n) is 8.54. The zero-order valence-electron chi connectivity index (χ0n) is 14.5. The molecule has 0 aromatic heterocycles. The minimum Gasteiger partial charge on any atom is -0.338 e. The summed E-state index contributed by atoms with van der Waals surface area (Å²) in [5, 5.41) is 3.86.